The highest BCUT2D eigenvalue weighted by molar-refractivity contribution is 5.51. The number of benzene rings is 1. The molecule has 1 nitrogen and oxygen atoms in total. The van der Waals surface area contributed by atoms with Crippen LogP contribution in [-0.2, 0) is 18.3 Å². The summed E-state index contributed by atoms with van der Waals surface area (Å²) in [5.41, 5.74) is 7.51. The highest BCUT2D eigenvalue weighted by Gasteiger charge is 2.56. The number of rotatable bonds is 8. The summed E-state index contributed by atoms with van der Waals surface area (Å²) in [5.74, 6) is 4.09. The van der Waals surface area contributed by atoms with Crippen molar-refractivity contribution < 1.29 is 0 Å². The molecule has 1 spiro atoms. The lowest BCUT2D eigenvalue weighted by Crippen LogP contribution is -2.57. The van der Waals surface area contributed by atoms with Gasteiger partial charge in [0.25, 0.3) is 0 Å². The molecule has 34 heavy (non-hydrogen) atoms. The minimum Gasteiger partial charge on any atom is -0.300 e. The second-order valence-electron chi connectivity index (χ2n) is 13.9. The molecule has 4 rings (SSSR count). The van der Waals surface area contributed by atoms with E-state index in [-0.39, 0.29) is 0 Å². The standard InChI is InChI=1S/C33H55N/c1-10-12-28(24(5)32(7,8)9)20-30-25(6)34(21-26-14-15-26)18-17-33(30)23(4)19-29-27(11-2)16-13-22(3)31(29)33/h13,16,23-26,28,30H,10-12,14-15,17-21H2,1-9H3/t23-,24-,25?,28?,30?,33?/m1/s1. The monoisotopic (exact) mass is 465 g/mol. The SMILES string of the molecule is CCCC(CC1C(C)N(CC2CC2)CCC12c1c(C)ccc(CC)c1C[C@H]2C)[C@@H](C)C(C)(C)C. The van der Waals surface area contributed by atoms with Crippen LogP contribution >= 0.6 is 0 Å². The molecule has 3 aliphatic rings. The fourth-order valence-electron chi connectivity index (χ4n) is 8.35. The molecule has 1 heteroatoms. The summed E-state index contributed by atoms with van der Waals surface area (Å²) < 4.78 is 0. The van der Waals surface area contributed by atoms with Crippen LogP contribution in [0.2, 0.25) is 0 Å². The van der Waals surface area contributed by atoms with Gasteiger partial charge in [0, 0.05) is 18.0 Å². The Kier molecular flexibility index (Phi) is 7.65. The second-order valence-corrected chi connectivity index (χ2v) is 13.9. The Labute approximate surface area is 212 Å². The Morgan fingerprint density at radius 3 is 2.41 bits per heavy atom. The van der Waals surface area contributed by atoms with E-state index in [2.05, 4.69) is 79.3 Å². The van der Waals surface area contributed by atoms with Crippen LogP contribution in [0.1, 0.15) is 116 Å². The minimum absolute atomic E-state index is 0.369. The number of fused-ring (bicyclic) bond motifs is 2. The summed E-state index contributed by atoms with van der Waals surface area (Å²) in [5, 5.41) is 0. The number of hydrogen-bond donors (Lipinski definition) is 0. The summed E-state index contributed by atoms with van der Waals surface area (Å²) in [6.45, 7) is 25.1. The van der Waals surface area contributed by atoms with Gasteiger partial charge in [-0.1, -0.05) is 73.4 Å². The molecule has 6 atom stereocenters. The van der Waals surface area contributed by atoms with E-state index in [1.807, 2.05) is 0 Å². The third-order valence-electron chi connectivity index (χ3n) is 11.0. The Morgan fingerprint density at radius 1 is 1.12 bits per heavy atom. The Hall–Kier alpha value is -0.820. The van der Waals surface area contributed by atoms with Crippen LogP contribution in [0.15, 0.2) is 12.1 Å². The molecule has 0 bridgehead atoms. The van der Waals surface area contributed by atoms with Gasteiger partial charge in [-0.2, -0.15) is 0 Å². The van der Waals surface area contributed by atoms with E-state index in [1.54, 1.807) is 22.3 Å². The summed E-state index contributed by atoms with van der Waals surface area (Å²) in [4.78, 5) is 2.93. The molecule has 1 aromatic rings. The first-order chi connectivity index (χ1) is 16.0. The van der Waals surface area contributed by atoms with E-state index >= 15 is 0 Å². The molecular formula is C33H55N. The van der Waals surface area contributed by atoms with Crippen molar-refractivity contribution in [1.82, 2.24) is 4.90 Å². The van der Waals surface area contributed by atoms with Gasteiger partial charge >= 0.3 is 0 Å². The third-order valence-corrected chi connectivity index (χ3v) is 11.0. The molecule has 1 saturated heterocycles. The molecule has 0 radical (unpaired) electrons. The minimum atomic E-state index is 0.369. The first kappa shape index (κ1) is 26.2. The number of nitrogens with zero attached hydrogens (tertiary/aromatic N) is 1. The summed E-state index contributed by atoms with van der Waals surface area (Å²) in [6, 6.07) is 5.61. The van der Waals surface area contributed by atoms with Crippen molar-refractivity contribution in [2.24, 2.45) is 35.0 Å². The lowest BCUT2D eigenvalue weighted by Gasteiger charge is -2.55. The van der Waals surface area contributed by atoms with Crippen LogP contribution in [0.25, 0.3) is 0 Å². The maximum atomic E-state index is 2.93. The number of hydrogen-bond acceptors (Lipinski definition) is 1. The Morgan fingerprint density at radius 2 is 1.82 bits per heavy atom. The van der Waals surface area contributed by atoms with Gasteiger partial charge < -0.3 is 4.90 Å². The average molecular weight is 466 g/mol. The molecular weight excluding hydrogens is 410 g/mol. The van der Waals surface area contributed by atoms with Crippen molar-refractivity contribution in [3.05, 3.63) is 34.4 Å². The maximum absolute atomic E-state index is 2.93. The van der Waals surface area contributed by atoms with Gasteiger partial charge in [-0.05, 0) is 116 Å². The van der Waals surface area contributed by atoms with E-state index in [9.17, 15) is 0 Å². The van der Waals surface area contributed by atoms with Crippen LogP contribution in [0.4, 0.5) is 0 Å². The predicted molar refractivity (Wildman–Crippen MR) is 149 cm³/mol. The van der Waals surface area contributed by atoms with E-state index in [0.29, 0.717) is 16.9 Å². The van der Waals surface area contributed by atoms with E-state index in [4.69, 9.17) is 0 Å². The molecule has 4 unspecified atom stereocenters. The number of aryl methyl sites for hydroxylation is 2. The van der Waals surface area contributed by atoms with Gasteiger partial charge in [0.2, 0.25) is 0 Å². The lowest BCUT2D eigenvalue weighted by molar-refractivity contribution is -0.0125. The summed E-state index contributed by atoms with van der Waals surface area (Å²) >= 11 is 0. The molecule has 1 aromatic carbocycles. The summed E-state index contributed by atoms with van der Waals surface area (Å²) in [6.07, 6.45) is 10.9. The van der Waals surface area contributed by atoms with Crippen molar-refractivity contribution >= 4 is 0 Å². The molecule has 192 valence electrons. The van der Waals surface area contributed by atoms with E-state index in [0.717, 1.165) is 29.6 Å². The van der Waals surface area contributed by atoms with E-state index < -0.39 is 0 Å². The Balaban J connectivity index is 1.78. The fourth-order valence-corrected chi connectivity index (χ4v) is 8.35. The van der Waals surface area contributed by atoms with E-state index in [1.165, 1.54) is 64.5 Å². The first-order valence-corrected chi connectivity index (χ1v) is 14.9. The van der Waals surface area contributed by atoms with Gasteiger partial charge in [0.05, 0.1) is 0 Å². The second kappa shape index (κ2) is 9.91. The fraction of sp³-hybridized carbons (Fsp3) is 0.818. The zero-order valence-corrected chi connectivity index (χ0v) is 24.1. The molecule has 0 N–H and O–H groups in total. The smallest absolute Gasteiger partial charge is 0.0104 e. The van der Waals surface area contributed by atoms with Crippen LogP contribution in [0.3, 0.4) is 0 Å². The lowest BCUT2D eigenvalue weighted by atomic mass is 9.55. The highest BCUT2D eigenvalue weighted by atomic mass is 15.2. The van der Waals surface area contributed by atoms with Gasteiger partial charge in [0.15, 0.2) is 0 Å². The zero-order chi connectivity index (χ0) is 24.8. The molecule has 2 fully saturated rings. The predicted octanol–water partition coefficient (Wildman–Crippen LogP) is 8.60. The van der Waals surface area contributed by atoms with Crippen LogP contribution in [-0.4, -0.2) is 24.0 Å². The molecule has 2 aliphatic carbocycles. The normalized spacial score (nSPS) is 31.6. The molecule has 0 amide bonds. The van der Waals surface area contributed by atoms with Crippen molar-refractivity contribution in [3.63, 3.8) is 0 Å². The van der Waals surface area contributed by atoms with Crippen LogP contribution in [0, 0.1) is 41.9 Å². The van der Waals surface area contributed by atoms with Crippen molar-refractivity contribution in [2.45, 2.75) is 125 Å². The van der Waals surface area contributed by atoms with Crippen LogP contribution < -0.4 is 0 Å². The maximum Gasteiger partial charge on any atom is 0.0104 e. The molecule has 1 aliphatic heterocycles. The van der Waals surface area contributed by atoms with Gasteiger partial charge in [-0.3, -0.25) is 0 Å². The first-order valence-electron chi connectivity index (χ1n) is 14.9. The molecule has 1 saturated carbocycles. The number of piperidine rings is 1. The molecule has 0 aromatic heterocycles. The quantitative estimate of drug-likeness (QED) is 0.371. The van der Waals surface area contributed by atoms with Gasteiger partial charge in [-0.25, -0.2) is 0 Å². The van der Waals surface area contributed by atoms with Gasteiger partial charge in [0.1, 0.15) is 0 Å². The topological polar surface area (TPSA) is 3.24 Å². The number of likely N-dealkylation sites (tertiary alicyclic amines) is 1. The zero-order valence-electron chi connectivity index (χ0n) is 24.1. The summed E-state index contributed by atoms with van der Waals surface area (Å²) in [7, 11) is 0. The van der Waals surface area contributed by atoms with Crippen molar-refractivity contribution in [1.29, 1.82) is 0 Å². The average Bonchev–Trinajstić information content (AvgIpc) is 3.55. The highest BCUT2D eigenvalue weighted by Crippen LogP contribution is 2.58. The van der Waals surface area contributed by atoms with Crippen molar-refractivity contribution in [3.8, 4) is 0 Å². The van der Waals surface area contributed by atoms with Crippen LogP contribution in [0.5, 0.6) is 0 Å². The Bertz CT molecular complexity index is 843. The van der Waals surface area contributed by atoms with Crippen molar-refractivity contribution in [2.75, 3.05) is 13.1 Å². The van der Waals surface area contributed by atoms with Gasteiger partial charge in [-0.15, -0.1) is 0 Å². The third kappa shape index (κ3) is 4.65. The largest absolute Gasteiger partial charge is 0.300 e. The molecule has 1 heterocycles.